The minimum Gasteiger partial charge on any atom is -0.482 e. The van der Waals surface area contributed by atoms with Crippen LogP contribution in [0.2, 0.25) is 0 Å². The van der Waals surface area contributed by atoms with Crippen LogP contribution in [0.4, 0.5) is 11.4 Å². The van der Waals surface area contributed by atoms with Crippen molar-refractivity contribution in [2.75, 3.05) is 23.9 Å². The number of hydrogen-bond acceptors (Lipinski definition) is 4. The van der Waals surface area contributed by atoms with Crippen LogP contribution in [0, 0.1) is 0 Å². The van der Waals surface area contributed by atoms with E-state index in [1.807, 2.05) is 0 Å². The Balaban J connectivity index is 0.00000176. The zero-order valence-corrected chi connectivity index (χ0v) is 12.6. The van der Waals surface area contributed by atoms with E-state index in [0.29, 0.717) is 22.7 Å². The normalized spacial score (nSPS) is 12.8. The topological polar surface area (TPSA) is 71.5 Å². The lowest BCUT2D eigenvalue weighted by Crippen LogP contribution is -2.35. The standard InChI is InChI=1S/C15H13N3O3.ClH/c1-18-12-7-11(4-5-13(12)21-9-14(18)19)17-15(20)10-3-2-6-16-8-10;/h2-8H,9H2,1H3,(H,17,20);1H. The highest BCUT2D eigenvalue weighted by molar-refractivity contribution is 6.05. The molecular weight excluding hydrogens is 306 g/mol. The molecule has 0 spiro atoms. The van der Waals surface area contributed by atoms with Gasteiger partial charge in [0.1, 0.15) is 5.75 Å². The summed E-state index contributed by atoms with van der Waals surface area (Å²) in [4.78, 5) is 29.1. The van der Waals surface area contributed by atoms with Crippen LogP contribution in [0.5, 0.6) is 5.75 Å². The Kier molecular flexibility index (Phi) is 4.62. The first-order valence-electron chi connectivity index (χ1n) is 6.40. The molecule has 0 unspecified atom stereocenters. The number of likely N-dealkylation sites (N-methyl/N-ethyl adjacent to an activating group) is 1. The number of aromatic nitrogens is 1. The van der Waals surface area contributed by atoms with Gasteiger partial charge in [0.15, 0.2) is 6.61 Å². The first-order valence-corrected chi connectivity index (χ1v) is 6.40. The zero-order chi connectivity index (χ0) is 14.8. The number of carbonyl (C=O) groups is 2. The summed E-state index contributed by atoms with van der Waals surface area (Å²) in [5.74, 6) is 0.239. The second kappa shape index (κ2) is 6.44. The number of rotatable bonds is 2. The van der Waals surface area contributed by atoms with Gasteiger partial charge in [-0.15, -0.1) is 12.4 Å². The van der Waals surface area contributed by atoms with Gasteiger partial charge in [-0.25, -0.2) is 0 Å². The highest BCUT2D eigenvalue weighted by Crippen LogP contribution is 2.33. The van der Waals surface area contributed by atoms with Crippen molar-refractivity contribution in [2.45, 2.75) is 0 Å². The third-order valence-corrected chi connectivity index (χ3v) is 3.23. The molecule has 1 aromatic carbocycles. The van der Waals surface area contributed by atoms with Crippen LogP contribution in [0.1, 0.15) is 10.4 Å². The van der Waals surface area contributed by atoms with E-state index < -0.39 is 0 Å². The molecule has 22 heavy (non-hydrogen) atoms. The van der Waals surface area contributed by atoms with Crippen LogP contribution >= 0.6 is 12.4 Å². The number of hydrogen-bond donors (Lipinski definition) is 1. The predicted molar refractivity (Wildman–Crippen MR) is 84.8 cm³/mol. The van der Waals surface area contributed by atoms with Gasteiger partial charge in [0.05, 0.1) is 11.3 Å². The Bertz CT molecular complexity index is 706. The molecule has 0 atom stereocenters. The highest BCUT2D eigenvalue weighted by Gasteiger charge is 2.22. The number of carbonyl (C=O) groups excluding carboxylic acids is 2. The average Bonchev–Trinajstić information content (AvgIpc) is 2.52. The van der Waals surface area contributed by atoms with Gasteiger partial charge < -0.3 is 15.0 Å². The van der Waals surface area contributed by atoms with Crippen molar-refractivity contribution in [2.24, 2.45) is 0 Å². The fourth-order valence-corrected chi connectivity index (χ4v) is 2.05. The van der Waals surface area contributed by atoms with E-state index in [0.717, 1.165) is 0 Å². The maximum absolute atomic E-state index is 12.1. The molecule has 2 aromatic rings. The van der Waals surface area contributed by atoms with E-state index in [1.54, 1.807) is 43.6 Å². The number of ether oxygens (including phenoxy) is 1. The Hall–Kier alpha value is -2.60. The number of halogens is 1. The van der Waals surface area contributed by atoms with Gasteiger partial charge in [0, 0.05) is 25.1 Å². The SMILES string of the molecule is CN1C(=O)COc2ccc(NC(=O)c3cccnc3)cc21.Cl. The second-order valence-corrected chi connectivity index (χ2v) is 4.62. The molecule has 0 bridgehead atoms. The quantitative estimate of drug-likeness (QED) is 0.920. The zero-order valence-electron chi connectivity index (χ0n) is 11.8. The van der Waals surface area contributed by atoms with Crippen LogP contribution < -0.4 is 15.0 Å². The van der Waals surface area contributed by atoms with Crippen molar-refractivity contribution in [1.29, 1.82) is 0 Å². The molecule has 114 valence electrons. The van der Waals surface area contributed by atoms with E-state index in [2.05, 4.69) is 10.3 Å². The summed E-state index contributed by atoms with van der Waals surface area (Å²) in [5, 5.41) is 2.77. The number of fused-ring (bicyclic) bond motifs is 1. The molecule has 1 N–H and O–H groups in total. The van der Waals surface area contributed by atoms with Crippen LogP contribution in [0.25, 0.3) is 0 Å². The lowest BCUT2D eigenvalue weighted by Gasteiger charge is -2.26. The van der Waals surface area contributed by atoms with E-state index in [9.17, 15) is 9.59 Å². The molecule has 1 aliphatic heterocycles. The summed E-state index contributed by atoms with van der Waals surface area (Å²) in [6.07, 6.45) is 3.10. The number of nitrogens with one attached hydrogen (secondary N) is 1. The predicted octanol–water partition coefficient (Wildman–Crippen LogP) is 2.11. The Morgan fingerprint density at radius 1 is 1.36 bits per heavy atom. The number of anilines is 2. The summed E-state index contributed by atoms with van der Waals surface area (Å²) in [5.41, 5.74) is 1.69. The van der Waals surface area contributed by atoms with Gasteiger partial charge in [-0.1, -0.05) is 0 Å². The number of nitrogens with zero attached hydrogens (tertiary/aromatic N) is 2. The molecule has 0 saturated heterocycles. The Labute approximate surface area is 133 Å². The van der Waals surface area contributed by atoms with Gasteiger partial charge in [0.25, 0.3) is 11.8 Å². The molecule has 0 saturated carbocycles. The van der Waals surface area contributed by atoms with Gasteiger partial charge in [-0.05, 0) is 30.3 Å². The third-order valence-electron chi connectivity index (χ3n) is 3.23. The molecule has 2 amide bonds. The fraction of sp³-hybridized carbons (Fsp3) is 0.133. The lowest BCUT2D eigenvalue weighted by molar-refractivity contribution is -0.120. The smallest absolute Gasteiger partial charge is 0.264 e. The molecular formula is C15H14ClN3O3. The van der Waals surface area contributed by atoms with Crippen molar-refractivity contribution >= 4 is 35.6 Å². The molecule has 0 aliphatic carbocycles. The molecule has 0 radical (unpaired) electrons. The van der Waals surface area contributed by atoms with Gasteiger partial charge >= 0.3 is 0 Å². The summed E-state index contributed by atoms with van der Waals surface area (Å²) >= 11 is 0. The van der Waals surface area contributed by atoms with Crippen molar-refractivity contribution in [3.8, 4) is 5.75 Å². The third kappa shape index (κ3) is 3.01. The van der Waals surface area contributed by atoms with Crippen molar-refractivity contribution in [1.82, 2.24) is 4.98 Å². The number of pyridine rings is 1. The van der Waals surface area contributed by atoms with Gasteiger partial charge in [-0.2, -0.15) is 0 Å². The molecule has 2 heterocycles. The summed E-state index contributed by atoms with van der Waals surface area (Å²) < 4.78 is 5.34. The lowest BCUT2D eigenvalue weighted by atomic mass is 10.2. The minimum atomic E-state index is -0.256. The number of benzene rings is 1. The Morgan fingerprint density at radius 2 is 2.18 bits per heavy atom. The van der Waals surface area contributed by atoms with Crippen LogP contribution in [-0.4, -0.2) is 30.5 Å². The largest absolute Gasteiger partial charge is 0.482 e. The highest BCUT2D eigenvalue weighted by atomic mass is 35.5. The maximum atomic E-state index is 12.1. The summed E-state index contributed by atoms with van der Waals surface area (Å²) in [6, 6.07) is 8.55. The molecule has 7 heteroatoms. The fourth-order valence-electron chi connectivity index (χ4n) is 2.05. The van der Waals surface area contributed by atoms with Crippen molar-refractivity contribution in [3.63, 3.8) is 0 Å². The summed E-state index contributed by atoms with van der Waals surface area (Å²) in [7, 11) is 1.68. The van der Waals surface area contributed by atoms with E-state index in [4.69, 9.17) is 4.74 Å². The van der Waals surface area contributed by atoms with Crippen molar-refractivity contribution < 1.29 is 14.3 Å². The molecule has 6 nitrogen and oxygen atoms in total. The van der Waals surface area contributed by atoms with E-state index in [-0.39, 0.29) is 30.8 Å². The number of amides is 2. The monoisotopic (exact) mass is 319 g/mol. The Morgan fingerprint density at radius 3 is 2.91 bits per heavy atom. The molecule has 1 aromatic heterocycles. The maximum Gasteiger partial charge on any atom is 0.264 e. The second-order valence-electron chi connectivity index (χ2n) is 4.62. The first kappa shape index (κ1) is 15.8. The molecule has 0 fully saturated rings. The first-order chi connectivity index (χ1) is 10.1. The summed E-state index contributed by atoms with van der Waals surface area (Å²) in [6.45, 7) is 0.0326. The molecule has 1 aliphatic rings. The van der Waals surface area contributed by atoms with Crippen LogP contribution in [0.15, 0.2) is 42.7 Å². The van der Waals surface area contributed by atoms with E-state index >= 15 is 0 Å². The van der Waals surface area contributed by atoms with Crippen molar-refractivity contribution in [3.05, 3.63) is 48.3 Å². The van der Waals surface area contributed by atoms with Gasteiger partial charge in [-0.3, -0.25) is 14.6 Å². The van der Waals surface area contributed by atoms with Crippen LogP contribution in [0.3, 0.4) is 0 Å². The van der Waals surface area contributed by atoms with Crippen LogP contribution in [-0.2, 0) is 4.79 Å². The minimum absolute atomic E-state index is 0. The molecule has 3 rings (SSSR count). The van der Waals surface area contributed by atoms with Gasteiger partial charge in [0.2, 0.25) is 0 Å². The average molecular weight is 320 g/mol. The van der Waals surface area contributed by atoms with E-state index in [1.165, 1.54) is 11.1 Å².